The van der Waals surface area contributed by atoms with Gasteiger partial charge in [0.15, 0.2) is 11.4 Å². The van der Waals surface area contributed by atoms with Crippen molar-refractivity contribution >= 4 is 23.3 Å². The van der Waals surface area contributed by atoms with Gasteiger partial charge in [-0.3, -0.25) is 9.48 Å². The molecule has 36 heavy (non-hydrogen) atoms. The van der Waals surface area contributed by atoms with E-state index in [1.807, 2.05) is 0 Å². The number of alkyl halides is 5. The number of nitrogens with zero attached hydrogens (tertiary/aromatic N) is 5. The monoisotopic (exact) mass is 528 g/mol. The standard InChI is InChI=1S/C23H22ClF5N6O/c1-13-7-22(25,26)12-35(17(13)8-31-19-10-30-18(9-32-19)23(27,28)29)21(36)20-16(11-34(2)33-20)14-4-3-5-15(24)6-14/h3-6,9-11,13,17H,7-8,12H2,1-2H3,(H,31,32)/t13-,17-/m1/s1. The number of likely N-dealkylation sites (tertiary alicyclic amines) is 1. The van der Waals surface area contributed by atoms with Gasteiger partial charge in [0.1, 0.15) is 5.82 Å². The Balaban J connectivity index is 1.61. The summed E-state index contributed by atoms with van der Waals surface area (Å²) >= 11 is 6.09. The van der Waals surface area contributed by atoms with E-state index in [0.717, 1.165) is 11.1 Å². The zero-order valence-electron chi connectivity index (χ0n) is 19.2. The Bertz CT molecular complexity index is 1250. The number of aryl methyl sites for hydroxylation is 1. The maximum absolute atomic E-state index is 14.6. The molecule has 2 atom stereocenters. The molecule has 1 aliphatic rings. The van der Waals surface area contributed by atoms with Crippen LogP contribution in [0.1, 0.15) is 29.5 Å². The lowest BCUT2D eigenvalue weighted by molar-refractivity contribution is -0.141. The van der Waals surface area contributed by atoms with Gasteiger partial charge < -0.3 is 10.2 Å². The zero-order chi connectivity index (χ0) is 26.3. The van der Waals surface area contributed by atoms with E-state index in [1.54, 1.807) is 44.4 Å². The molecule has 4 rings (SSSR count). The van der Waals surface area contributed by atoms with Gasteiger partial charge in [-0.15, -0.1) is 0 Å². The first-order chi connectivity index (χ1) is 16.8. The van der Waals surface area contributed by atoms with Crippen molar-refractivity contribution in [1.29, 1.82) is 0 Å². The Morgan fingerprint density at radius 1 is 1.25 bits per heavy atom. The number of halogens is 6. The van der Waals surface area contributed by atoms with E-state index in [-0.39, 0.29) is 18.1 Å². The molecule has 1 saturated heterocycles. The molecule has 2 aromatic heterocycles. The highest BCUT2D eigenvalue weighted by Gasteiger charge is 2.47. The molecule has 0 bridgehead atoms. The van der Waals surface area contributed by atoms with Crippen molar-refractivity contribution in [2.24, 2.45) is 13.0 Å². The summed E-state index contributed by atoms with van der Waals surface area (Å²) in [7, 11) is 1.61. The molecule has 0 unspecified atom stereocenters. The van der Waals surface area contributed by atoms with Gasteiger partial charge >= 0.3 is 6.18 Å². The van der Waals surface area contributed by atoms with Gasteiger partial charge in [-0.05, 0) is 23.6 Å². The fraction of sp³-hybridized carbons (Fsp3) is 0.391. The summed E-state index contributed by atoms with van der Waals surface area (Å²) in [5.41, 5.74) is -0.124. The van der Waals surface area contributed by atoms with Gasteiger partial charge in [-0.25, -0.2) is 18.7 Å². The first-order valence-corrected chi connectivity index (χ1v) is 11.3. The zero-order valence-corrected chi connectivity index (χ0v) is 20.0. The average Bonchev–Trinajstić information content (AvgIpc) is 3.18. The summed E-state index contributed by atoms with van der Waals surface area (Å²) in [4.78, 5) is 21.7. The van der Waals surface area contributed by atoms with E-state index >= 15 is 0 Å². The fourth-order valence-electron chi connectivity index (χ4n) is 4.30. The Kier molecular flexibility index (Phi) is 6.91. The maximum atomic E-state index is 14.6. The summed E-state index contributed by atoms with van der Waals surface area (Å²) in [6.45, 7) is 0.740. The topological polar surface area (TPSA) is 75.9 Å². The summed E-state index contributed by atoms with van der Waals surface area (Å²) in [5, 5.41) is 7.50. The molecule has 3 heterocycles. The van der Waals surface area contributed by atoms with Crippen molar-refractivity contribution in [3.05, 3.63) is 59.3 Å². The molecule has 192 valence electrons. The lowest BCUT2D eigenvalue weighted by Crippen LogP contribution is -2.57. The molecule has 1 fully saturated rings. The first kappa shape index (κ1) is 25.8. The largest absolute Gasteiger partial charge is 0.434 e. The van der Waals surface area contributed by atoms with Crippen molar-refractivity contribution in [2.75, 3.05) is 18.4 Å². The molecule has 1 aromatic carbocycles. The third-order valence-electron chi connectivity index (χ3n) is 5.94. The van der Waals surface area contributed by atoms with Crippen LogP contribution in [0.3, 0.4) is 0 Å². The Morgan fingerprint density at radius 3 is 2.64 bits per heavy atom. The maximum Gasteiger partial charge on any atom is 0.434 e. The third kappa shape index (κ3) is 5.58. The molecule has 1 aliphatic heterocycles. The normalized spacial score (nSPS) is 19.8. The second-order valence-electron chi connectivity index (χ2n) is 8.78. The molecule has 0 saturated carbocycles. The summed E-state index contributed by atoms with van der Waals surface area (Å²) < 4.78 is 68.8. The van der Waals surface area contributed by atoms with Crippen LogP contribution in [-0.4, -0.2) is 55.6 Å². The van der Waals surface area contributed by atoms with Crippen molar-refractivity contribution in [3.63, 3.8) is 0 Å². The Morgan fingerprint density at radius 2 is 2.00 bits per heavy atom. The van der Waals surface area contributed by atoms with Gasteiger partial charge in [0.2, 0.25) is 0 Å². The molecule has 0 aliphatic carbocycles. The van der Waals surface area contributed by atoms with E-state index in [0.29, 0.717) is 22.3 Å². The van der Waals surface area contributed by atoms with Crippen LogP contribution >= 0.6 is 11.6 Å². The van der Waals surface area contributed by atoms with E-state index in [9.17, 15) is 26.7 Å². The van der Waals surface area contributed by atoms with Gasteiger partial charge in [0, 0.05) is 36.8 Å². The highest BCUT2D eigenvalue weighted by Crippen LogP contribution is 2.36. The second kappa shape index (κ2) is 9.64. The third-order valence-corrected chi connectivity index (χ3v) is 6.18. The van der Waals surface area contributed by atoms with Crippen LogP contribution in [0.2, 0.25) is 5.02 Å². The SMILES string of the molecule is C[C@@H]1CC(F)(F)CN(C(=O)c2nn(C)cc2-c2cccc(Cl)c2)[C@@H]1CNc1cnc(C(F)(F)F)cn1. The number of piperidine rings is 1. The lowest BCUT2D eigenvalue weighted by atomic mass is 9.88. The predicted octanol–water partition coefficient (Wildman–Crippen LogP) is 5.15. The van der Waals surface area contributed by atoms with E-state index < -0.39 is 48.6 Å². The number of anilines is 1. The number of carbonyl (C=O) groups is 1. The number of aromatic nitrogens is 4. The number of nitrogens with one attached hydrogen (secondary N) is 1. The average molecular weight is 529 g/mol. The highest BCUT2D eigenvalue weighted by molar-refractivity contribution is 6.30. The van der Waals surface area contributed by atoms with Crippen LogP contribution in [0, 0.1) is 5.92 Å². The van der Waals surface area contributed by atoms with Crippen LogP contribution in [0.5, 0.6) is 0 Å². The number of hydrogen-bond donors (Lipinski definition) is 1. The van der Waals surface area contributed by atoms with Crippen molar-refractivity contribution in [2.45, 2.75) is 31.5 Å². The van der Waals surface area contributed by atoms with Gasteiger partial charge in [0.05, 0.1) is 25.0 Å². The summed E-state index contributed by atoms with van der Waals surface area (Å²) in [6, 6.07) is 6.03. The van der Waals surface area contributed by atoms with Crippen LogP contribution in [-0.2, 0) is 13.2 Å². The van der Waals surface area contributed by atoms with Gasteiger partial charge in [0.25, 0.3) is 11.8 Å². The van der Waals surface area contributed by atoms with Gasteiger partial charge in [-0.2, -0.15) is 18.3 Å². The quantitative estimate of drug-likeness (QED) is 0.464. The van der Waals surface area contributed by atoms with Gasteiger partial charge in [-0.1, -0.05) is 30.7 Å². The second-order valence-corrected chi connectivity index (χ2v) is 9.22. The molecular weight excluding hydrogens is 507 g/mol. The van der Waals surface area contributed by atoms with Crippen LogP contribution in [0.25, 0.3) is 11.1 Å². The minimum Gasteiger partial charge on any atom is -0.367 e. The molecule has 1 amide bonds. The van der Waals surface area contributed by atoms with E-state index in [4.69, 9.17) is 11.6 Å². The minimum absolute atomic E-state index is 0.0102. The number of amides is 1. The molecule has 0 radical (unpaired) electrons. The molecule has 1 N–H and O–H groups in total. The van der Waals surface area contributed by atoms with E-state index in [1.165, 1.54) is 4.68 Å². The number of rotatable bonds is 5. The van der Waals surface area contributed by atoms with E-state index in [2.05, 4.69) is 20.4 Å². The number of benzene rings is 1. The molecule has 7 nitrogen and oxygen atoms in total. The van der Waals surface area contributed by atoms with Crippen LogP contribution in [0.4, 0.5) is 27.8 Å². The Labute approximate surface area is 208 Å². The minimum atomic E-state index is -4.64. The summed E-state index contributed by atoms with van der Waals surface area (Å²) in [5.74, 6) is -4.42. The smallest absolute Gasteiger partial charge is 0.367 e. The first-order valence-electron chi connectivity index (χ1n) is 11.0. The van der Waals surface area contributed by atoms with Crippen LogP contribution < -0.4 is 5.32 Å². The molecule has 3 aromatic rings. The lowest BCUT2D eigenvalue weighted by Gasteiger charge is -2.43. The Hall–Kier alpha value is -3.28. The fourth-order valence-corrected chi connectivity index (χ4v) is 4.49. The van der Waals surface area contributed by atoms with Crippen LogP contribution in [0.15, 0.2) is 42.9 Å². The number of carbonyl (C=O) groups excluding carboxylic acids is 1. The predicted molar refractivity (Wildman–Crippen MR) is 123 cm³/mol. The molecular formula is C23H22ClF5N6O. The molecule has 13 heteroatoms. The summed E-state index contributed by atoms with van der Waals surface area (Å²) in [6.07, 6.45) is -2.00. The van der Waals surface area contributed by atoms with Crippen molar-refractivity contribution in [1.82, 2.24) is 24.6 Å². The highest BCUT2D eigenvalue weighted by atomic mass is 35.5. The van der Waals surface area contributed by atoms with Crippen molar-refractivity contribution < 1.29 is 26.7 Å². The number of hydrogen-bond acceptors (Lipinski definition) is 5. The molecule has 0 spiro atoms. The van der Waals surface area contributed by atoms with Crippen molar-refractivity contribution in [3.8, 4) is 11.1 Å².